The van der Waals surface area contributed by atoms with E-state index in [-0.39, 0.29) is 30.0 Å². The summed E-state index contributed by atoms with van der Waals surface area (Å²) in [5.74, 6) is -2.19. The fourth-order valence-electron chi connectivity index (χ4n) is 5.47. The van der Waals surface area contributed by atoms with Gasteiger partial charge in [0.15, 0.2) is 0 Å². The predicted molar refractivity (Wildman–Crippen MR) is 116 cm³/mol. The third-order valence-electron chi connectivity index (χ3n) is 6.84. The number of hydrogen-bond acceptors (Lipinski definition) is 6. The zero-order valence-corrected chi connectivity index (χ0v) is 17.7. The molecule has 0 aromatic heterocycles. The van der Waals surface area contributed by atoms with E-state index in [9.17, 15) is 19.5 Å². The summed E-state index contributed by atoms with van der Waals surface area (Å²) in [6.07, 6.45) is 0.989. The number of imide groups is 1. The van der Waals surface area contributed by atoms with Gasteiger partial charge in [-0.2, -0.15) is 0 Å². The molecule has 166 valence electrons. The molecule has 0 aliphatic carbocycles. The SMILES string of the molecule is COCCCN1C(=O)[C@H]2[C@H](Cc3ccc(O)cc3)N[C@@]3(C(=O)Nc4ccccc43)[C@@H]2C1=O. The average molecular weight is 435 g/mol. The predicted octanol–water partition coefficient (Wildman–Crippen LogP) is 1.39. The first kappa shape index (κ1) is 20.7. The second kappa shape index (κ2) is 7.72. The van der Waals surface area contributed by atoms with E-state index in [4.69, 9.17) is 4.74 Å². The fourth-order valence-corrected chi connectivity index (χ4v) is 5.47. The van der Waals surface area contributed by atoms with Crippen LogP contribution in [0.4, 0.5) is 5.69 Å². The van der Waals surface area contributed by atoms with Gasteiger partial charge in [0.2, 0.25) is 17.7 Å². The van der Waals surface area contributed by atoms with Crippen molar-refractivity contribution in [2.45, 2.75) is 24.4 Å². The van der Waals surface area contributed by atoms with Gasteiger partial charge in [0.1, 0.15) is 11.3 Å². The van der Waals surface area contributed by atoms with E-state index in [1.165, 1.54) is 4.90 Å². The quantitative estimate of drug-likeness (QED) is 0.468. The van der Waals surface area contributed by atoms with Crippen molar-refractivity contribution in [3.8, 4) is 5.75 Å². The van der Waals surface area contributed by atoms with Crippen molar-refractivity contribution in [3.63, 3.8) is 0 Å². The number of hydrogen-bond donors (Lipinski definition) is 3. The number of methoxy groups -OCH3 is 1. The van der Waals surface area contributed by atoms with E-state index in [0.717, 1.165) is 5.56 Å². The lowest BCUT2D eigenvalue weighted by molar-refractivity contribution is -0.143. The number of carbonyl (C=O) groups is 3. The molecule has 0 unspecified atom stereocenters. The van der Waals surface area contributed by atoms with Gasteiger partial charge in [-0.3, -0.25) is 24.6 Å². The van der Waals surface area contributed by atoms with Crippen LogP contribution in [0.3, 0.4) is 0 Å². The minimum absolute atomic E-state index is 0.156. The van der Waals surface area contributed by atoms with Crippen LogP contribution >= 0.6 is 0 Å². The minimum atomic E-state index is -1.29. The molecule has 3 amide bonds. The van der Waals surface area contributed by atoms with Crippen LogP contribution < -0.4 is 10.6 Å². The number of likely N-dealkylation sites (tertiary alicyclic amines) is 1. The van der Waals surface area contributed by atoms with Crippen LogP contribution in [0.5, 0.6) is 5.75 Å². The lowest BCUT2D eigenvalue weighted by atomic mass is 9.76. The number of nitrogens with one attached hydrogen (secondary N) is 2. The number of anilines is 1. The van der Waals surface area contributed by atoms with Crippen LogP contribution in [0, 0.1) is 11.8 Å². The van der Waals surface area contributed by atoms with Gasteiger partial charge in [-0.25, -0.2) is 0 Å². The van der Waals surface area contributed by atoms with Crippen LogP contribution in [-0.4, -0.2) is 54.0 Å². The Bertz CT molecular complexity index is 1090. The van der Waals surface area contributed by atoms with Crippen LogP contribution in [0.15, 0.2) is 48.5 Å². The Hall–Kier alpha value is -3.23. The van der Waals surface area contributed by atoms with Gasteiger partial charge in [0, 0.05) is 37.6 Å². The molecule has 5 rings (SSSR count). The van der Waals surface area contributed by atoms with Gasteiger partial charge in [-0.05, 0) is 36.6 Å². The molecule has 2 aromatic carbocycles. The van der Waals surface area contributed by atoms with Gasteiger partial charge >= 0.3 is 0 Å². The first-order chi connectivity index (χ1) is 15.5. The Labute approximate surface area is 185 Å². The third kappa shape index (κ3) is 2.94. The van der Waals surface area contributed by atoms with Crippen LogP contribution in [0.1, 0.15) is 17.5 Å². The van der Waals surface area contributed by atoms with E-state index in [1.54, 1.807) is 31.4 Å². The number of carbonyl (C=O) groups excluding carboxylic acids is 3. The molecule has 2 fully saturated rings. The molecule has 3 heterocycles. The molecule has 0 saturated carbocycles. The Morgan fingerprint density at radius 2 is 1.81 bits per heavy atom. The van der Waals surface area contributed by atoms with Gasteiger partial charge < -0.3 is 15.2 Å². The van der Waals surface area contributed by atoms with Crippen LogP contribution in [-0.2, 0) is 31.1 Å². The largest absolute Gasteiger partial charge is 0.508 e. The number of para-hydroxylation sites is 1. The van der Waals surface area contributed by atoms with Crippen LogP contribution in [0.2, 0.25) is 0 Å². The smallest absolute Gasteiger partial charge is 0.250 e. The van der Waals surface area contributed by atoms with Crippen molar-refractivity contribution in [2.24, 2.45) is 11.8 Å². The van der Waals surface area contributed by atoms with Gasteiger partial charge in [-0.1, -0.05) is 30.3 Å². The topological polar surface area (TPSA) is 108 Å². The molecule has 1 spiro atoms. The molecule has 32 heavy (non-hydrogen) atoms. The fraction of sp³-hybridized carbons (Fsp3) is 0.375. The highest BCUT2D eigenvalue weighted by atomic mass is 16.5. The maximum Gasteiger partial charge on any atom is 0.250 e. The highest BCUT2D eigenvalue weighted by Gasteiger charge is 2.70. The average Bonchev–Trinajstić information content (AvgIpc) is 3.36. The zero-order chi connectivity index (χ0) is 22.5. The molecular formula is C24H25N3O5. The normalized spacial score (nSPS) is 28.3. The molecule has 4 atom stereocenters. The van der Waals surface area contributed by atoms with Crippen molar-refractivity contribution in [1.29, 1.82) is 0 Å². The molecule has 8 nitrogen and oxygen atoms in total. The second-order valence-corrected chi connectivity index (χ2v) is 8.61. The Morgan fingerprint density at radius 1 is 1.06 bits per heavy atom. The third-order valence-corrected chi connectivity index (χ3v) is 6.84. The monoisotopic (exact) mass is 435 g/mol. The van der Waals surface area contributed by atoms with Crippen molar-refractivity contribution < 1.29 is 24.2 Å². The van der Waals surface area contributed by atoms with E-state index in [0.29, 0.717) is 30.7 Å². The summed E-state index contributed by atoms with van der Waals surface area (Å²) >= 11 is 0. The summed E-state index contributed by atoms with van der Waals surface area (Å²) in [4.78, 5) is 41.7. The molecular weight excluding hydrogens is 410 g/mol. The molecule has 3 aliphatic heterocycles. The number of fused-ring (bicyclic) bond motifs is 4. The molecule has 0 bridgehead atoms. The lowest BCUT2D eigenvalue weighted by Crippen LogP contribution is -2.53. The summed E-state index contributed by atoms with van der Waals surface area (Å²) in [6, 6.07) is 13.7. The number of aromatic hydroxyl groups is 1. The Kier molecular flexibility index (Phi) is 4.98. The standard InChI is InChI=1S/C24H25N3O5/c1-32-12-4-11-27-21(29)19-18(13-14-7-9-15(28)10-8-14)26-24(20(19)22(27)30)16-5-2-3-6-17(16)25-23(24)31/h2-3,5-10,18-20,26,28H,4,11-13H2,1H3,(H,25,31)/t18-,19-,20-,24+/m0/s1. The van der Waals surface area contributed by atoms with Gasteiger partial charge in [0.25, 0.3) is 0 Å². The highest BCUT2D eigenvalue weighted by molar-refractivity contribution is 6.15. The number of nitrogens with zero attached hydrogens (tertiary/aromatic N) is 1. The second-order valence-electron chi connectivity index (χ2n) is 8.61. The summed E-state index contributed by atoms with van der Waals surface area (Å²) in [7, 11) is 1.58. The van der Waals surface area contributed by atoms with Crippen molar-refractivity contribution in [1.82, 2.24) is 10.2 Å². The Morgan fingerprint density at radius 3 is 2.56 bits per heavy atom. The summed E-state index contributed by atoms with van der Waals surface area (Å²) in [5.41, 5.74) is 0.979. The van der Waals surface area contributed by atoms with E-state index < -0.39 is 23.4 Å². The summed E-state index contributed by atoms with van der Waals surface area (Å²) < 4.78 is 5.09. The van der Waals surface area contributed by atoms with E-state index in [2.05, 4.69) is 10.6 Å². The van der Waals surface area contributed by atoms with E-state index >= 15 is 0 Å². The summed E-state index contributed by atoms with van der Waals surface area (Å²) in [5, 5.41) is 15.9. The molecule has 3 N–H and O–H groups in total. The first-order valence-electron chi connectivity index (χ1n) is 10.8. The van der Waals surface area contributed by atoms with E-state index in [1.807, 2.05) is 24.3 Å². The molecule has 0 radical (unpaired) electrons. The summed E-state index contributed by atoms with van der Waals surface area (Å²) in [6.45, 7) is 0.708. The molecule has 3 aliphatic rings. The number of phenolic OH excluding ortho intramolecular Hbond substituents is 1. The van der Waals surface area contributed by atoms with Crippen molar-refractivity contribution >= 4 is 23.4 Å². The van der Waals surface area contributed by atoms with Crippen molar-refractivity contribution in [2.75, 3.05) is 25.6 Å². The number of amides is 3. The number of ether oxygens (including phenoxy) is 1. The van der Waals surface area contributed by atoms with Gasteiger partial charge in [-0.15, -0.1) is 0 Å². The highest BCUT2D eigenvalue weighted by Crippen LogP contribution is 2.53. The maximum atomic E-state index is 13.6. The molecule has 2 saturated heterocycles. The Balaban J connectivity index is 1.56. The molecule has 2 aromatic rings. The number of benzene rings is 2. The minimum Gasteiger partial charge on any atom is -0.508 e. The molecule has 8 heteroatoms. The first-order valence-corrected chi connectivity index (χ1v) is 10.8. The van der Waals surface area contributed by atoms with Crippen LogP contribution in [0.25, 0.3) is 0 Å². The zero-order valence-electron chi connectivity index (χ0n) is 17.7. The maximum absolute atomic E-state index is 13.6. The lowest BCUT2D eigenvalue weighted by Gasteiger charge is -2.29. The van der Waals surface area contributed by atoms with Crippen molar-refractivity contribution in [3.05, 3.63) is 59.7 Å². The number of rotatable bonds is 6. The number of phenols is 1. The van der Waals surface area contributed by atoms with Gasteiger partial charge in [0.05, 0.1) is 11.8 Å².